The highest BCUT2D eigenvalue weighted by atomic mass is 19.4. The SMILES string of the molecule is [NH3+]Cc1ccc(F)c(C(F)(F)F)c1. The maximum Gasteiger partial charge on any atom is 0.419 e. The summed E-state index contributed by atoms with van der Waals surface area (Å²) >= 11 is 0. The number of quaternary nitrogens is 1. The van der Waals surface area contributed by atoms with Crippen LogP contribution >= 0.6 is 0 Å². The number of halogens is 4. The van der Waals surface area contributed by atoms with Crippen LogP contribution in [0.5, 0.6) is 0 Å². The molecule has 0 fully saturated rings. The van der Waals surface area contributed by atoms with Crippen molar-refractivity contribution in [2.75, 3.05) is 0 Å². The van der Waals surface area contributed by atoms with E-state index in [1.54, 1.807) is 0 Å². The highest BCUT2D eigenvalue weighted by Gasteiger charge is 2.34. The third-order valence-electron chi connectivity index (χ3n) is 1.62. The molecule has 0 heterocycles. The Morgan fingerprint density at radius 3 is 2.31 bits per heavy atom. The Kier molecular flexibility index (Phi) is 2.56. The van der Waals surface area contributed by atoms with Gasteiger partial charge in [0.15, 0.2) is 0 Å². The summed E-state index contributed by atoms with van der Waals surface area (Å²) in [6.45, 7) is 0.212. The summed E-state index contributed by atoms with van der Waals surface area (Å²) in [5, 5.41) is 0. The molecule has 0 spiro atoms. The fraction of sp³-hybridized carbons (Fsp3) is 0.250. The lowest BCUT2D eigenvalue weighted by Crippen LogP contribution is -2.47. The summed E-state index contributed by atoms with van der Waals surface area (Å²) in [6, 6.07) is 2.88. The van der Waals surface area contributed by atoms with Crippen LogP contribution in [0.3, 0.4) is 0 Å². The summed E-state index contributed by atoms with van der Waals surface area (Å²) in [4.78, 5) is 0. The quantitative estimate of drug-likeness (QED) is 0.657. The molecular formula is C8H8F4N+. The first-order chi connectivity index (χ1) is 5.95. The van der Waals surface area contributed by atoms with E-state index in [-0.39, 0.29) is 6.54 Å². The van der Waals surface area contributed by atoms with E-state index in [0.29, 0.717) is 5.56 Å². The van der Waals surface area contributed by atoms with Gasteiger partial charge in [0.25, 0.3) is 0 Å². The standard InChI is InChI=1S/C8H7F4N/c9-7-2-1-5(4-13)3-6(7)8(10,11)12/h1-3H,4,13H2/p+1. The molecule has 0 radical (unpaired) electrons. The molecule has 0 saturated carbocycles. The summed E-state index contributed by atoms with van der Waals surface area (Å²) in [7, 11) is 0. The maximum atomic E-state index is 12.7. The third-order valence-corrected chi connectivity index (χ3v) is 1.62. The lowest BCUT2D eigenvalue weighted by atomic mass is 10.1. The molecule has 1 nitrogen and oxygen atoms in total. The van der Waals surface area contributed by atoms with E-state index >= 15 is 0 Å². The van der Waals surface area contributed by atoms with E-state index in [1.165, 1.54) is 6.07 Å². The van der Waals surface area contributed by atoms with Crippen molar-refractivity contribution < 1.29 is 23.3 Å². The van der Waals surface area contributed by atoms with E-state index in [4.69, 9.17) is 0 Å². The molecule has 0 bridgehead atoms. The molecule has 1 aromatic carbocycles. The molecule has 0 amide bonds. The molecule has 0 unspecified atom stereocenters. The van der Waals surface area contributed by atoms with Crippen molar-refractivity contribution in [1.29, 1.82) is 0 Å². The molecule has 72 valence electrons. The maximum absolute atomic E-state index is 12.7. The number of hydrogen-bond donors (Lipinski definition) is 1. The minimum atomic E-state index is -4.63. The van der Waals surface area contributed by atoms with Gasteiger partial charge in [0.05, 0.1) is 12.1 Å². The van der Waals surface area contributed by atoms with Crippen LogP contribution in [0.2, 0.25) is 0 Å². The van der Waals surface area contributed by atoms with Gasteiger partial charge in [-0.1, -0.05) is 6.07 Å². The van der Waals surface area contributed by atoms with E-state index in [0.717, 1.165) is 12.1 Å². The van der Waals surface area contributed by atoms with Crippen LogP contribution in [0.4, 0.5) is 17.6 Å². The topological polar surface area (TPSA) is 27.6 Å². The molecule has 3 N–H and O–H groups in total. The van der Waals surface area contributed by atoms with Gasteiger partial charge in [0.2, 0.25) is 0 Å². The molecule has 0 aliphatic heterocycles. The minimum Gasteiger partial charge on any atom is -0.354 e. The van der Waals surface area contributed by atoms with Gasteiger partial charge in [-0.2, -0.15) is 13.2 Å². The Morgan fingerprint density at radius 2 is 1.85 bits per heavy atom. The number of benzene rings is 1. The smallest absolute Gasteiger partial charge is 0.354 e. The van der Waals surface area contributed by atoms with Gasteiger partial charge in [0, 0.05) is 5.56 Å². The van der Waals surface area contributed by atoms with E-state index < -0.39 is 17.6 Å². The summed E-state index contributed by atoms with van der Waals surface area (Å²) in [5.74, 6) is -1.25. The second-order valence-electron chi connectivity index (χ2n) is 2.56. The van der Waals surface area contributed by atoms with Crippen LogP contribution in [0, 0.1) is 5.82 Å². The molecule has 1 rings (SSSR count). The average Bonchev–Trinajstić information content (AvgIpc) is 2.03. The Hall–Kier alpha value is -1.10. The average molecular weight is 194 g/mol. The van der Waals surface area contributed by atoms with E-state index in [9.17, 15) is 17.6 Å². The van der Waals surface area contributed by atoms with Crippen LogP contribution < -0.4 is 5.73 Å². The molecule has 13 heavy (non-hydrogen) atoms. The van der Waals surface area contributed by atoms with Crippen molar-refractivity contribution in [3.8, 4) is 0 Å². The van der Waals surface area contributed by atoms with Crippen molar-refractivity contribution in [1.82, 2.24) is 0 Å². The highest BCUT2D eigenvalue weighted by Crippen LogP contribution is 2.31. The van der Waals surface area contributed by atoms with Crippen molar-refractivity contribution >= 4 is 0 Å². The molecular weight excluding hydrogens is 186 g/mol. The zero-order valence-corrected chi connectivity index (χ0v) is 6.66. The highest BCUT2D eigenvalue weighted by molar-refractivity contribution is 5.26. The number of hydrogen-bond acceptors (Lipinski definition) is 0. The Balaban J connectivity index is 3.19. The van der Waals surface area contributed by atoms with Crippen molar-refractivity contribution in [3.63, 3.8) is 0 Å². The molecule has 0 aliphatic rings. The zero-order chi connectivity index (χ0) is 10.1. The Morgan fingerprint density at radius 1 is 1.23 bits per heavy atom. The fourth-order valence-corrected chi connectivity index (χ4v) is 0.945. The number of alkyl halides is 3. The Bertz CT molecular complexity index is 306. The second-order valence-corrected chi connectivity index (χ2v) is 2.56. The molecule has 0 atom stereocenters. The summed E-state index contributed by atoms with van der Waals surface area (Å²) in [5.41, 5.74) is 2.56. The normalized spacial score (nSPS) is 11.8. The van der Waals surface area contributed by atoms with Crippen LogP contribution in [-0.2, 0) is 12.7 Å². The van der Waals surface area contributed by atoms with Gasteiger partial charge in [-0.05, 0) is 12.1 Å². The van der Waals surface area contributed by atoms with Crippen molar-refractivity contribution in [2.45, 2.75) is 12.7 Å². The Labute approximate surface area is 72.2 Å². The minimum absolute atomic E-state index is 0.212. The lowest BCUT2D eigenvalue weighted by Gasteiger charge is -2.08. The second kappa shape index (κ2) is 3.33. The first kappa shape index (κ1) is 9.98. The van der Waals surface area contributed by atoms with Crippen LogP contribution in [0.15, 0.2) is 18.2 Å². The molecule has 0 saturated heterocycles. The predicted molar refractivity (Wildman–Crippen MR) is 38.0 cm³/mol. The van der Waals surface area contributed by atoms with Gasteiger partial charge < -0.3 is 5.73 Å². The molecule has 5 heteroatoms. The zero-order valence-electron chi connectivity index (χ0n) is 6.66. The van der Waals surface area contributed by atoms with Crippen LogP contribution in [-0.4, -0.2) is 0 Å². The van der Waals surface area contributed by atoms with Gasteiger partial charge in [-0.25, -0.2) is 4.39 Å². The summed E-state index contributed by atoms with van der Waals surface area (Å²) in [6.07, 6.45) is -4.63. The van der Waals surface area contributed by atoms with Crippen molar-refractivity contribution in [2.24, 2.45) is 0 Å². The number of rotatable bonds is 1. The first-order valence-corrected chi connectivity index (χ1v) is 3.60. The molecule has 1 aromatic rings. The van der Waals surface area contributed by atoms with Gasteiger partial charge in [0.1, 0.15) is 5.82 Å². The molecule has 0 aliphatic carbocycles. The fourth-order valence-electron chi connectivity index (χ4n) is 0.945. The van der Waals surface area contributed by atoms with E-state index in [1.807, 2.05) is 0 Å². The lowest BCUT2D eigenvalue weighted by molar-refractivity contribution is -0.386. The summed E-state index contributed by atoms with van der Waals surface area (Å²) < 4.78 is 49.0. The largest absolute Gasteiger partial charge is 0.419 e. The van der Waals surface area contributed by atoms with Gasteiger partial charge >= 0.3 is 6.18 Å². The van der Waals surface area contributed by atoms with Crippen LogP contribution in [0.25, 0.3) is 0 Å². The predicted octanol–water partition coefficient (Wildman–Crippen LogP) is 1.59. The third kappa shape index (κ3) is 2.18. The van der Waals surface area contributed by atoms with Gasteiger partial charge in [-0.3, -0.25) is 0 Å². The monoisotopic (exact) mass is 194 g/mol. The van der Waals surface area contributed by atoms with Crippen molar-refractivity contribution in [3.05, 3.63) is 35.1 Å². The molecule has 0 aromatic heterocycles. The first-order valence-electron chi connectivity index (χ1n) is 3.60. The van der Waals surface area contributed by atoms with Gasteiger partial charge in [-0.15, -0.1) is 0 Å². The van der Waals surface area contributed by atoms with E-state index in [2.05, 4.69) is 5.73 Å². The van der Waals surface area contributed by atoms with Crippen LogP contribution in [0.1, 0.15) is 11.1 Å².